The van der Waals surface area contributed by atoms with Gasteiger partial charge in [-0.25, -0.2) is 19.3 Å². The first-order valence-corrected chi connectivity index (χ1v) is 8.45. The molecule has 0 aliphatic rings. The average molecular weight is 383 g/mol. The number of ether oxygens (including phenoxy) is 1. The molecular formula is C18H17N5O5. The van der Waals surface area contributed by atoms with Crippen LogP contribution in [0.2, 0.25) is 0 Å². The second-order valence-electron chi connectivity index (χ2n) is 5.55. The highest BCUT2D eigenvalue weighted by atomic mass is 16.5. The van der Waals surface area contributed by atoms with Crippen molar-refractivity contribution in [3.63, 3.8) is 0 Å². The number of carbonyl (C=O) groups is 2. The fraction of sp³-hybridized carbons (Fsp3) is 0.222. The summed E-state index contributed by atoms with van der Waals surface area (Å²) < 4.78 is 10.6. The van der Waals surface area contributed by atoms with Gasteiger partial charge in [-0.2, -0.15) is 0 Å². The van der Waals surface area contributed by atoms with Crippen LogP contribution in [0.25, 0.3) is 11.6 Å². The molecule has 0 radical (unpaired) electrons. The zero-order valence-corrected chi connectivity index (χ0v) is 15.0. The zero-order chi connectivity index (χ0) is 19.9. The number of para-hydroxylation sites is 1. The highest BCUT2D eigenvalue weighted by Crippen LogP contribution is 2.15. The average Bonchev–Trinajstić information content (AvgIpc) is 3.08. The Morgan fingerprint density at radius 2 is 1.86 bits per heavy atom. The Morgan fingerprint density at radius 1 is 1.14 bits per heavy atom. The number of carbonyl (C=O) groups excluding carboxylic acids is 2. The van der Waals surface area contributed by atoms with Crippen molar-refractivity contribution in [2.45, 2.75) is 13.5 Å². The quantitative estimate of drug-likeness (QED) is 0.552. The first kappa shape index (κ1) is 19.0. The van der Waals surface area contributed by atoms with Crippen molar-refractivity contribution >= 4 is 17.6 Å². The van der Waals surface area contributed by atoms with Gasteiger partial charge >= 0.3 is 11.7 Å². The van der Waals surface area contributed by atoms with Crippen molar-refractivity contribution in [1.29, 1.82) is 0 Å². The van der Waals surface area contributed by atoms with Crippen molar-refractivity contribution in [2.24, 2.45) is 0 Å². The van der Waals surface area contributed by atoms with E-state index in [2.05, 4.69) is 19.6 Å². The van der Waals surface area contributed by atoms with Crippen LogP contribution in [0.1, 0.15) is 6.92 Å². The summed E-state index contributed by atoms with van der Waals surface area (Å²) in [5, 5.41) is 3.65. The molecule has 2 aromatic heterocycles. The summed E-state index contributed by atoms with van der Waals surface area (Å²) in [5.41, 5.74) is 0.488. The Balaban J connectivity index is 1.90. The molecule has 10 heteroatoms. The van der Waals surface area contributed by atoms with E-state index in [0.29, 0.717) is 5.69 Å². The van der Waals surface area contributed by atoms with Crippen LogP contribution in [-0.2, 0) is 20.9 Å². The lowest BCUT2D eigenvalue weighted by atomic mass is 10.2. The highest BCUT2D eigenvalue weighted by molar-refractivity contribution is 5.97. The summed E-state index contributed by atoms with van der Waals surface area (Å²) in [6.45, 7) is 1.16. The maximum atomic E-state index is 12.9. The molecule has 0 atom stereocenters. The highest BCUT2D eigenvalue weighted by Gasteiger charge is 2.24. The Bertz CT molecular complexity index is 1000. The molecule has 0 saturated heterocycles. The van der Waals surface area contributed by atoms with E-state index in [-0.39, 0.29) is 24.8 Å². The number of anilines is 1. The molecule has 28 heavy (non-hydrogen) atoms. The van der Waals surface area contributed by atoms with Crippen LogP contribution in [0, 0.1) is 0 Å². The minimum atomic E-state index is -0.833. The fourth-order valence-electron chi connectivity index (χ4n) is 2.47. The molecule has 3 aromatic rings. The minimum Gasteiger partial charge on any atom is -0.465 e. The van der Waals surface area contributed by atoms with E-state index in [1.54, 1.807) is 43.3 Å². The molecule has 144 valence electrons. The largest absolute Gasteiger partial charge is 0.465 e. The standard InChI is InChI=1S/C18H17N5O5/c1-2-27-15(25)12-22(13-7-4-3-5-8-13)14(24)11-23-17(21-28-18(23)26)16-19-9-6-10-20-16/h3-10H,2,11-12H2,1H3. The maximum Gasteiger partial charge on any atom is 0.442 e. The molecule has 0 spiro atoms. The Morgan fingerprint density at radius 3 is 2.54 bits per heavy atom. The second kappa shape index (κ2) is 8.71. The van der Waals surface area contributed by atoms with Crippen molar-refractivity contribution in [2.75, 3.05) is 18.1 Å². The number of hydrogen-bond donors (Lipinski definition) is 0. The third kappa shape index (κ3) is 4.29. The van der Waals surface area contributed by atoms with Gasteiger partial charge in [0.25, 0.3) is 0 Å². The number of rotatable bonds is 7. The maximum absolute atomic E-state index is 12.9. The monoisotopic (exact) mass is 383 g/mol. The molecule has 3 rings (SSSR count). The Hall–Kier alpha value is -3.82. The number of amides is 1. The predicted octanol–water partition coefficient (Wildman–Crippen LogP) is 0.890. The van der Waals surface area contributed by atoms with Crippen molar-refractivity contribution in [3.05, 3.63) is 59.3 Å². The van der Waals surface area contributed by atoms with Gasteiger partial charge in [0.15, 0.2) is 5.82 Å². The van der Waals surface area contributed by atoms with E-state index in [9.17, 15) is 14.4 Å². The van der Waals surface area contributed by atoms with Crippen LogP contribution in [0.4, 0.5) is 5.69 Å². The molecule has 0 aliphatic heterocycles. The van der Waals surface area contributed by atoms with Crippen LogP contribution in [0.15, 0.2) is 58.1 Å². The number of aromatic nitrogens is 4. The van der Waals surface area contributed by atoms with Crippen LogP contribution >= 0.6 is 0 Å². The SMILES string of the molecule is CCOC(=O)CN(C(=O)Cn1c(-c2ncccn2)noc1=O)c1ccccc1. The van der Waals surface area contributed by atoms with Gasteiger partial charge in [-0.1, -0.05) is 23.4 Å². The van der Waals surface area contributed by atoms with E-state index in [0.717, 1.165) is 4.57 Å². The third-order valence-electron chi connectivity index (χ3n) is 3.71. The summed E-state index contributed by atoms with van der Waals surface area (Å²) in [6.07, 6.45) is 2.95. The van der Waals surface area contributed by atoms with Gasteiger partial charge in [0.1, 0.15) is 13.1 Å². The zero-order valence-electron chi connectivity index (χ0n) is 15.0. The predicted molar refractivity (Wildman–Crippen MR) is 97.2 cm³/mol. The summed E-state index contributed by atoms with van der Waals surface area (Å²) in [6, 6.07) is 10.2. The topological polar surface area (TPSA) is 120 Å². The smallest absolute Gasteiger partial charge is 0.442 e. The van der Waals surface area contributed by atoms with Crippen LogP contribution < -0.4 is 10.7 Å². The Labute approximate surface area is 159 Å². The number of esters is 1. The van der Waals surface area contributed by atoms with Crippen LogP contribution in [0.3, 0.4) is 0 Å². The van der Waals surface area contributed by atoms with Crippen LogP contribution in [-0.4, -0.2) is 44.7 Å². The molecular weight excluding hydrogens is 366 g/mol. The summed E-state index contributed by atoms with van der Waals surface area (Å²) in [7, 11) is 0. The lowest BCUT2D eigenvalue weighted by Crippen LogP contribution is -2.40. The molecule has 10 nitrogen and oxygen atoms in total. The molecule has 0 saturated carbocycles. The molecule has 2 heterocycles. The second-order valence-corrected chi connectivity index (χ2v) is 5.55. The van der Waals surface area contributed by atoms with Gasteiger partial charge in [-0.3, -0.25) is 19.0 Å². The van der Waals surface area contributed by atoms with Gasteiger partial charge in [-0.15, -0.1) is 0 Å². The molecule has 0 aliphatic carbocycles. The van der Waals surface area contributed by atoms with Crippen molar-refractivity contribution in [1.82, 2.24) is 19.7 Å². The normalized spacial score (nSPS) is 10.5. The number of benzene rings is 1. The van der Waals surface area contributed by atoms with Crippen molar-refractivity contribution < 1.29 is 18.8 Å². The van der Waals surface area contributed by atoms with Crippen LogP contribution in [0.5, 0.6) is 0 Å². The first-order valence-electron chi connectivity index (χ1n) is 8.45. The van der Waals surface area contributed by atoms with Gasteiger partial charge in [0.05, 0.1) is 6.61 Å². The minimum absolute atomic E-state index is 0.0168. The van der Waals surface area contributed by atoms with Gasteiger partial charge in [0.2, 0.25) is 11.7 Å². The lowest BCUT2D eigenvalue weighted by Gasteiger charge is -2.22. The van der Waals surface area contributed by atoms with Gasteiger partial charge < -0.3 is 4.74 Å². The lowest BCUT2D eigenvalue weighted by molar-refractivity contribution is -0.142. The molecule has 1 amide bonds. The van der Waals surface area contributed by atoms with Crippen molar-refractivity contribution in [3.8, 4) is 11.6 Å². The van der Waals surface area contributed by atoms with Gasteiger partial charge in [-0.05, 0) is 25.1 Å². The molecule has 1 aromatic carbocycles. The van der Waals surface area contributed by atoms with E-state index in [4.69, 9.17) is 4.74 Å². The van der Waals surface area contributed by atoms with Gasteiger partial charge in [0, 0.05) is 18.1 Å². The fourth-order valence-corrected chi connectivity index (χ4v) is 2.47. The molecule has 0 unspecified atom stereocenters. The van der Waals surface area contributed by atoms with E-state index >= 15 is 0 Å². The van der Waals surface area contributed by atoms with E-state index in [1.807, 2.05) is 0 Å². The molecule has 0 N–H and O–H groups in total. The number of nitrogens with zero attached hydrogens (tertiary/aromatic N) is 5. The summed E-state index contributed by atoms with van der Waals surface area (Å²) in [4.78, 5) is 46.2. The molecule has 0 fully saturated rings. The van der Waals surface area contributed by atoms with E-state index in [1.165, 1.54) is 17.3 Å². The van der Waals surface area contributed by atoms with E-state index < -0.39 is 24.2 Å². The first-order chi connectivity index (χ1) is 13.6. The molecule has 0 bridgehead atoms. The number of hydrogen-bond acceptors (Lipinski definition) is 8. The summed E-state index contributed by atoms with van der Waals surface area (Å²) in [5.74, 6) is -1.77. The Kier molecular flexibility index (Phi) is 5.90. The third-order valence-corrected chi connectivity index (χ3v) is 3.71. The summed E-state index contributed by atoms with van der Waals surface area (Å²) >= 11 is 0.